The van der Waals surface area contributed by atoms with Gasteiger partial charge in [0.25, 0.3) is 0 Å². The normalized spacial score (nSPS) is 28.6. The van der Waals surface area contributed by atoms with E-state index in [0.29, 0.717) is 18.3 Å². The van der Waals surface area contributed by atoms with Gasteiger partial charge in [0, 0.05) is 17.7 Å². The van der Waals surface area contributed by atoms with E-state index >= 15 is 0 Å². The highest BCUT2D eigenvalue weighted by atomic mass is 19.1. The van der Waals surface area contributed by atoms with Crippen molar-refractivity contribution in [2.45, 2.75) is 78.1 Å². The van der Waals surface area contributed by atoms with Crippen molar-refractivity contribution in [3.8, 4) is 5.75 Å². The van der Waals surface area contributed by atoms with Crippen molar-refractivity contribution in [2.24, 2.45) is 23.7 Å². The van der Waals surface area contributed by atoms with Crippen molar-refractivity contribution < 1.29 is 13.5 Å². The Hall–Kier alpha value is -1.38. The molecule has 2 saturated carbocycles. The summed E-state index contributed by atoms with van der Waals surface area (Å²) >= 11 is 0. The minimum Gasteiger partial charge on any atom is -0.493 e. The van der Waals surface area contributed by atoms with E-state index in [2.05, 4.69) is 6.92 Å². The van der Waals surface area contributed by atoms with E-state index in [1.54, 1.807) is 13.0 Å². The average Bonchev–Trinajstić information content (AvgIpc) is 2.70. The lowest BCUT2D eigenvalue weighted by atomic mass is 9.69. The Morgan fingerprint density at radius 3 is 1.93 bits per heavy atom. The number of halogens is 2. The van der Waals surface area contributed by atoms with E-state index in [0.717, 1.165) is 17.8 Å². The second-order valence-electron chi connectivity index (χ2n) is 8.96. The van der Waals surface area contributed by atoms with Gasteiger partial charge in [0.1, 0.15) is 17.4 Å². The second kappa shape index (κ2) is 10.4. The molecule has 156 valence electrons. The molecule has 2 aliphatic carbocycles. The van der Waals surface area contributed by atoms with Gasteiger partial charge in [-0.1, -0.05) is 44.8 Å². The van der Waals surface area contributed by atoms with Gasteiger partial charge in [-0.3, -0.25) is 0 Å². The van der Waals surface area contributed by atoms with Crippen LogP contribution in [0.4, 0.5) is 8.78 Å². The Balaban J connectivity index is 1.43. The second-order valence-corrected chi connectivity index (χ2v) is 8.96. The summed E-state index contributed by atoms with van der Waals surface area (Å²) in [5, 5.41) is 0. The zero-order valence-electron chi connectivity index (χ0n) is 17.6. The molecule has 0 unspecified atom stereocenters. The quantitative estimate of drug-likeness (QED) is 0.461. The summed E-state index contributed by atoms with van der Waals surface area (Å²) in [7, 11) is 0. The first-order valence-electron chi connectivity index (χ1n) is 11.3. The molecule has 2 aliphatic rings. The molecular weight excluding hydrogens is 354 g/mol. The first kappa shape index (κ1) is 21.3. The van der Waals surface area contributed by atoms with Gasteiger partial charge < -0.3 is 4.74 Å². The molecule has 1 aromatic rings. The molecule has 0 bridgehead atoms. The number of hydrogen-bond acceptors (Lipinski definition) is 1. The van der Waals surface area contributed by atoms with Crippen LogP contribution in [0.15, 0.2) is 18.2 Å². The summed E-state index contributed by atoms with van der Waals surface area (Å²) in [4.78, 5) is 0. The lowest BCUT2D eigenvalue weighted by Gasteiger charge is -2.37. The Bertz CT molecular complexity index is 615. The standard InChI is InChI=1S/C25H36F2O/c1-3-5-18-7-11-20(12-8-18)21-13-9-19(10-14-21)17-28-22-15-24(26)23(6-4-2)25(27)16-22/h4,6,15-16,18-21H,3,5,7-14,17H2,1-2H3/b6-4+. The maximum absolute atomic E-state index is 14.0. The number of rotatable bonds is 7. The third kappa shape index (κ3) is 5.58. The van der Waals surface area contributed by atoms with Gasteiger partial charge >= 0.3 is 0 Å². The van der Waals surface area contributed by atoms with Gasteiger partial charge in [-0.05, 0) is 69.1 Å². The number of benzene rings is 1. The fraction of sp³-hybridized carbons (Fsp3) is 0.680. The van der Waals surface area contributed by atoms with E-state index in [1.807, 2.05) is 0 Å². The molecule has 2 fully saturated rings. The van der Waals surface area contributed by atoms with Crippen molar-refractivity contribution in [3.05, 3.63) is 35.4 Å². The van der Waals surface area contributed by atoms with Crippen molar-refractivity contribution >= 4 is 6.08 Å². The summed E-state index contributed by atoms with van der Waals surface area (Å²) in [5.74, 6) is 2.48. The number of hydrogen-bond donors (Lipinski definition) is 0. The topological polar surface area (TPSA) is 9.23 Å². The Morgan fingerprint density at radius 2 is 1.43 bits per heavy atom. The highest BCUT2D eigenvalue weighted by Crippen LogP contribution is 2.42. The van der Waals surface area contributed by atoms with E-state index in [4.69, 9.17) is 4.74 Å². The molecule has 0 saturated heterocycles. The molecule has 28 heavy (non-hydrogen) atoms. The molecule has 3 heteroatoms. The molecule has 0 aliphatic heterocycles. The molecule has 1 aromatic carbocycles. The van der Waals surface area contributed by atoms with Gasteiger partial charge in [-0.2, -0.15) is 0 Å². The highest BCUT2D eigenvalue weighted by Gasteiger charge is 2.30. The van der Waals surface area contributed by atoms with Crippen LogP contribution >= 0.6 is 0 Å². The first-order chi connectivity index (χ1) is 13.6. The third-order valence-corrected chi connectivity index (χ3v) is 7.02. The maximum Gasteiger partial charge on any atom is 0.137 e. The number of allylic oxidation sites excluding steroid dienone is 1. The Morgan fingerprint density at radius 1 is 0.893 bits per heavy atom. The predicted octanol–water partition coefficient (Wildman–Crippen LogP) is 7.79. The van der Waals surface area contributed by atoms with Gasteiger partial charge in [0.2, 0.25) is 0 Å². The molecule has 0 atom stereocenters. The van der Waals surface area contributed by atoms with Crippen molar-refractivity contribution in [1.29, 1.82) is 0 Å². The SMILES string of the molecule is C/C=C/c1c(F)cc(OCC2CCC(C3CCC(CCC)CC3)CC2)cc1F. The van der Waals surface area contributed by atoms with Crippen LogP contribution < -0.4 is 4.74 Å². The Kier molecular flexibility index (Phi) is 7.93. The van der Waals surface area contributed by atoms with Crippen LogP contribution in [0.25, 0.3) is 6.08 Å². The van der Waals surface area contributed by atoms with E-state index in [1.165, 1.54) is 82.4 Å². The molecule has 0 radical (unpaired) electrons. The van der Waals surface area contributed by atoms with Crippen LogP contribution in [-0.2, 0) is 0 Å². The molecule has 0 spiro atoms. The predicted molar refractivity (Wildman–Crippen MR) is 112 cm³/mol. The van der Waals surface area contributed by atoms with Gasteiger partial charge in [-0.25, -0.2) is 8.78 Å². The van der Waals surface area contributed by atoms with Crippen molar-refractivity contribution in [1.82, 2.24) is 0 Å². The van der Waals surface area contributed by atoms with E-state index in [9.17, 15) is 8.78 Å². The molecule has 0 aromatic heterocycles. The Labute approximate surface area is 169 Å². The van der Waals surface area contributed by atoms with Crippen LogP contribution in [0.2, 0.25) is 0 Å². The fourth-order valence-corrected chi connectivity index (χ4v) is 5.37. The summed E-state index contributed by atoms with van der Waals surface area (Å²) in [6.45, 7) is 4.61. The lowest BCUT2D eigenvalue weighted by Crippen LogP contribution is -2.27. The van der Waals surface area contributed by atoms with Gasteiger partial charge in [0.15, 0.2) is 0 Å². The summed E-state index contributed by atoms with van der Waals surface area (Å²) in [6, 6.07) is 2.61. The summed E-state index contributed by atoms with van der Waals surface area (Å²) < 4.78 is 33.8. The zero-order valence-corrected chi connectivity index (χ0v) is 17.6. The highest BCUT2D eigenvalue weighted by molar-refractivity contribution is 5.52. The summed E-state index contributed by atoms with van der Waals surface area (Å²) in [5.41, 5.74) is 0.00372. The number of ether oxygens (including phenoxy) is 1. The zero-order chi connectivity index (χ0) is 19.9. The van der Waals surface area contributed by atoms with Crippen LogP contribution in [0, 0.1) is 35.3 Å². The lowest BCUT2D eigenvalue weighted by molar-refractivity contribution is 0.121. The van der Waals surface area contributed by atoms with Crippen LogP contribution in [0.3, 0.4) is 0 Å². The third-order valence-electron chi connectivity index (χ3n) is 7.02. The van der Waals surface area contributed by atoms with Crippen LogP contribution in [0.5, 0.6) is 5.75 Å². The smallest absolute Gasteiger partial charge is 0.137 e. The molecule has 0 amide bonds. The van der Waals surface area contributed by atoms with E-state index in [-0.39, 0.29) is 5.56 Å². The van der Waals surface area contributed by atoms with E-state index < -0.39 is 11.6 Å². The monoisotopic (exact) mass is 390 g/mol. The largest absolute Gasteiger partial charge is 0.493 e. The van der Waals surface area contributed by atoms with Gasteiger partial charge in [0.05, 0.1) is 6.61 Å². The van der Waals surface area contributed by atoms with Crippen molar-refractivity contribution in [2.75, 3.05) is 6.61 Å². The minimum absolute atomic E-state index is 0.00372. The van der Waals surface area contributed by atoms with Crippen LogP contribution in [-0.4, -0.2) is 6.61 Å². The maximum atomic E-state index is 14.0. The van der Waals surface area contributed by atoms with Crippen molar-refractivity contribution in [3.63, 3.8) is 0 Å². The molecule has 0 N–H and O–H groups in total. The summed E-state index contributed by atoms with van der Waals surface area (Å²) in [6.07, 6.45) is 16.5. The molecular formula is C25H36F2O. The van der Waals surface area contributed by atoms with Gasteiger partial charge in [-0.15, -0.1) is 0 Å². The fourth-order valence-electron chi connectivity index (χ4n) is 5.37. The van der Waals surface area contributed by atoms with Crippen LogP contribution in [0.1, 0.15) is 83.6 Å². The minimum atomic E-state index is -0.560. The molecule has 0 heterocycles. The average molecular weight is 391 g/mol. The first-order valence-corrected chi connectivity index (χ1v) is 11.3. The molecule has 1 nitrogen and oxygen atoms in total. The molecule has 3 rings (SSSR count).